The molecule has 0 saturated carbocycles. The van der Waals surface area contributed by atoms with Gasteiger partial charge in [-0.1, -0.05) is 20.8 Å². The molecule has 2 N–H and O–H groups in total. The minimum atomic E-state index is -0.514. The van der Waals surface area contributed by atoms with Gasteiger partial charge in [-0.05, 0) is 24.3 Å². The van der Waals surface area contributed by atoms with Gasteiger partial charge in [0.15, 0.2) is 5.13 Å². The SMILES string of the molecule is COC(=O)c1ccc(NC(=O)Cc2csc(NC(=O)C(C)(C)C)n2)cc1. The Hall–Kier alpha value is -2.74. The monoisotopic (exact) mass is 375 g/mol. The minimum Gasteiger partial charge on any atom is -0.465 e. The van der Waals surface area contributed by atoms with Crippen LogP contribution in [0.25, 0.3) is 0 Å². The van der Waals surface area contributed by atoms with Gasteiger partial charge in [-0.25, -0.2) is 9.78 Å². The smallest absolute Gasteiger partial charge is 0.337 e. The van der Waals surface area contributed by atoms with Crippen molar-refractivity contribution in [2.24, 2.45) is 5.41 Å². The van der Waals surface area contributed by atoms with Gasteiger partial charge in [0.2, 0.25) is 11.8 Å². The quantitative estimate of drug-likeness (QED) is 0.783. The number of hydrogen-bond donors (Lipinski definition) is 2. The van der Waals surface area contributed by atoms with E-state index in [-0.39, 0.29) is 18.2 Å². The molecule has 0 saturated heterocycles. The molecule has 0 unspecified atom stereocenters. The van der Waals surface area contributed by atoms with E-state index in [1.165, 1.54) is 18.4 Å². The van der Waals surface area contributed by atoms with Crippen molar-refractivity contribution in [1.29, 1.82) is 0 Å². The highest BCUT2D eigenvalue weighted by atomic mass is 32.1. The number of ether oxygens (including phenoxy) is 1. The Morgan fingerprint density at radius 2 is 1.77 bits per heavy atom. The molecule has 26 heavy (non-hydrogen) atoms. The van der Waals surface area contributed by atoms with Gasteiger partial charge in [0.25, 0.3) is 0 Å². The predicted molar refractivity (Wildman–Crippen MR) is 100 cm³/mol. The van der Waals surface area contributed by atoms with Crippen LogP contribution in [0.4, 0.5) is 10.8 Å². The minimum absolute atomic E-state index is 0.0840. The molecule has 2 aromatic rings. The highest BCUT2D eigenvalue weighted by Gasteiger charge is 2.22. The fraction of sp³-hybridized carbons (Fsp3) is 0.333. The van der Waals surface area contributed by atoms with Crippen LogP contribution in [0.3, 0.4) is 0 Å². The van der Waals surface area contributed by atoms with E-state index >= 15 is 0 Å². The van der Waals surface area contributed by atoms with Crippen LogP contribution >= 0.6 is 11.3 Å². The highest BCUT2D eigenvalue weighted by molar-refractivity contribution is 7.13. The number of esters is 1. The molecule has 0 spiro atoms. The normalized spacial score (nSPS) is 10.9. The second-order valence-electron chi connectivity index (χ2n) is 6.64. The number of carbonyl (C=O) groups excluding carboxylic acids is 3. The van der Waals surface area contributed by atoms with Crippen LogP contribution in [0, 0.1) is 5.41 Å². The molecule has 2 amide bonds. The van der Waals surface area contributed by atoms with E-state index in [1.807, 2.05) is 20.8 Å². The van der Waals surface area contributed by atoms with Gasteiger partial charge >= 0.3 is 5.97 Å². The summed E-state index contributed by atoms with van der Waals surface area (Å²) >= 11 is 1.28. The Morgan fingerprint density at radius 3 is 2.35 bits per heavy atom. The van der Waals surface area contributed by atoms with Gasteiger partial charge < -0.3 is 15.4 Å². The number of nitrogens with zero attached hydrogens (tertiary/aromatic N) is 1. The first-order valence-electron chi connectivity index (χ1n) is 7.93. The van der Waals surface area contributed by atoms with Crippen molar-refractivity contribution >= 4 is 39.9 Å². The molecular formula is C18H21N3O4S. The van der Waals surface area contributed by atoms with E-state index in [4.69, 9.17) is 0 Å². The Balaban J connectivity index is 1.92. The second-order valence-corrected chi connectivity index (χ2v) is 7.50. The van der Waals surface area contributed by atoms with Crippen molar-refractivity contribution in [3.8, 4) is 0 Å². The number of hydrogen-bond acceptors (Lipinski definition) is 6. The summed E-state index contributed by atoms with van der Waals surface area (Å²) in [4.78, 5) is 39.7. The summed E-state index contributed by atoms with van der Waals surface area (Å²) in [5.74, 6) is -0.807. The number of methoxy groups -OCH3 is 1. The maximum atomic E-state index is 12.1. The average molecular weight is 375 g/mol. The van der Waals surface area contributed by atoms with Crippen LogP contribution in [0.2, 0.25) is 0 Å². The van der Waals surface area contributed by atoms with Crippen molar-refractivity contribution in [2.45, 2.75) is 27.2 Å². The van der Waals surface area contributed by atoms with E-state index in [0.29, 0.717) is 22.1 Å². The first-order chi connectivity index (χ1) is 12.2. The third-order valence-corrected chi connectivity index (χ3v) is 4.19. The molecule has 1 aromatic carbocycles. The van der Waals surface area contributed by atoms with E-state index in [0.717, 1.165) is 0 Å². The highest BCUT2D eigenvalue weighted by Crippen LogP contribution is 2.21. The molecule has 0 fully saturated rings. The summed E-state index contributed by atoms with van der Waals surface area (Å²) in [6, 6.07) is 6.40. The van der Waals surface area contributed by atoms with Crippen LogP contribution in [0.15, 0.2) is 29.6 Å². The van der Waals surface area contributed by atoms with Crippen LogP contribution in [0.5, 0.6) is 0 Å². The number of anilines is 2. The Bertz CT molecular complexity index is 807. The molecule has 8 heteroatoms. The van der Waals surface area contributed by atoms with Crippen LogP contribution in [-0.4, -0.2) is 29.9 Å². The van der Waals surface area contributed by atoms with Gasteiger partial charge in [-0.2, -0.15) is 0 Å². The summed E-state index contributed by atoms with van der Waals surface area (Å²) < 4.78 is 4.62. The molecular weight excluding hydrogens is 354 g/mol. The number of benzene rings is 1. The average Bonchev–Trinajstić information content (AvgIpc) is 3.00. The van der Waals surface area contributed by atoms with E-state index in [9.17, 15) is 14.4 Å². The lowest BCUT2D eigenvalue weighted by Crippen LogP contribution is -2.27. The molecule has 2 rings (SSSR count). The first-order valence-corrected chi connectivity index (χ1v) is 8.81. The maximum Gasteiger partial charge on any atom is 0.337 e. The zero-order valence-electron chi connectivity index (χ0n) is 15.1. The van der Waals surface area contributed by atoms with E-state index in [2.05, 4.69) is 20.4 Å². The number of carbonyl (C=O) groups is 3. The fourth-order valence-corrected chi connectivity index (χ4v) is 2.61. The van der Waals surface area contributed by atoms with Gasteiger partial charge in [-0.3, -0.25) is 9.59 Å². The molecule has 0 aliphatic heterocycles. The van der Waals surface area contributed by atoms with Crippen LogP contribution in [0.1, 0.15) is 36.8 Å². The second kappa shape index (κ2) is 8.09. The molecule has 0 radical (unpaired) electrons. The molecule has 0 bridgehead atoms. The molecule has 0 aliphatic rings. The molecule has 0 atom stereocenters. The van der Waals surface area contributed by atoms with Crippen molar-refractivity contribution in [3.63, 3.8) is 0 Å². The fourth-order valence-electron chi connectivity index (χ4n) is 1.91. The lowest BCUT2D eigenvalue weighted by atomic mass is 9.96. The number of aromatic nitrogens is 1. The van der Waals surface area contributed by atoms with Gasteiger partial charge in [-0.15, -0.1) is 11.3 Å². The number of nitrogens with one attached hydrogen (secondary N) is 2. The van der Waals surface area contributed by atoms with Gasteiger partial charge in [0, 0.05) is 16.5 Å². The molecule has 138 valence electrons. The Kier molecular flexibility index (Phi) is 6.10. The van der Waals surface area contributed by atoms with Crippen molar-refractivity contribution in [3.05, 3.63) is 40.9 Å². The molecule has 0 aliphatic carbocycles. The van der Waals surface area contributed by atoms with E-state index in [1.54, 1.807) is 29.6 Å². The number of thiazole rings is 1. The van der Waals surface area contributed by atoms with Crippen LogP contribution < -0.4 is 10.6 Å². The Labute approximate surface area is 155 Å². The lowest BCUT2D eigenvalue weighted by Gasteiger charge is -2.15. The Morgan fingerprint density at radius 1 is 1.12 bits per heavy atom. The zero-order chi connectivity index (χ0) is 19.3. The first kappa shape index (κ1) is 19.6. The van der Waals surface area contributed by atoms with Crippen molar-refractivity contribution < 1.29 is 19.1 Å². The third kappa shape index (κ3) is 5.38. The van der Waals surface area contributed by atoms with Crippen molar-refractivity contribution in [2.75, 3.05) is 17.7 Å². The van der Waals surface area contributed by atoms with Gasteiger partial charge in [0.1, 0.15) is 0 Å². The van der Waals surface area contributed by atoms with Crippen LogP contribution in [-0.2, 0) is 20.7 Å². The molecule has 7 nitrogen and oxygen atoms in total. The summed E-state index contributed by atoms with van der Waals surface area (Å²) in [5.41, 5.74) is 1.03. The summed E-state index contributed by atoms with van der Waals surface area (Å²) in [6.07, 6.45) is 0.0840. The maximum absolute atomic E-state index is 12.1. The number of amides is 2. The molecule has 1 aromatic heterocycles. The number of rotatable bonds is 5. The third-order valence-electron chi connectivity index (χ3n) is 3.38. The molecule has 1 heterocycles. The summed E-state index contributed by atoms with van der Waals surface area (Å²) in [5, 5.41) is 7.68. The summed E-state index contributed by atoms with van der Waals surface area (Å²) in [7, 11) is 1.31. The predicted octanol–water partition coefficient (Wildman–Crippen LogP) is 3.10. The lowest BCUT2D eigenvalue weighted by molar-refractivity contribution is -0.123. The largest absolute Gasteiger partial charge is 0.465 e. The van der Waals surface area contributed by atoms with E-state index < -0.39 is 11.4 Å². The standard InChI is InChI=1S/C18H21N3O4S/c1-18(2,3)16(24)21-17-20-13(10-26-17)9-14(22)19-12-7-5-11(6-8-12)15(23)25-4/h5-8,10H,9H2,1-4H3,(H,19,22)(H,20,21,24). The topological polar surface area (TPSA) is 97.4 Å². The summed E-state index contributed by atoms with van der Waals surface area (Å²) in [6.45, 7) is 5.45. The zero-order valence-corrected chi connectivity index (χ0v) is 15.9. The van der Waals surface area contributed by atoms with Gasteiger partial charge in [0.05, 0.1) is 24.8 Å². The van der Waals surface area contributed by atoms with Crippen molar-refractivity contribution in [1.82, 2.24) is 4.98 Å².